The molecule has 1 N–H and O–H groups in total. The summed E-state index contributed by atoms with van der Waals surface area (Å²) >= 11 is 1.83. The summed E-state index contributed by atoms with van der Waals surface area (Å²) in [5.41, 5.74) is 2.69. The first-order chi connectivity index (χ1) is 9.04. The third-order valence-electron chi connectivity index (χ3n) is 3.07. The Balaban J connectivity index is 2.32. The molecule has 1 unspecified atom stereocenters. The van der Waals surface area contributed by atoms with Gasteiger partial charge in [0, 0.05) is 12.4 Å². The average Bonchev–Trinajstić information content (AvgIpc) is 2.37. The van der Waals surface area contributed by atoms with E-state index in [4.69, 9.17) is 9.84 Å². The van der Waals surface area contributed by atoms with Crippen molar-refractivity contribution in [3.05, 3.63) is 29.3 Å². The summed E-state index contributed by atoms with van der Waals surface area (Å²) < 4.78 is 5.75. The summed E-state index contributed by atoms with van der Waals surface area (Å²) in [5.74, 6) is 3.85. The highest BCUT2D eigenvalue weighted by Crippen LogP contribution is 2.23. The van der Waals surface area contributed by atoms with Crippen molar-refractivity contribution >= 4 is 11.8 Å². The smallest absolute Gasteiger partial charge is 0.119 e. The van der Waals surface area contributed by atoms with E-state index in [1.807, 2.05) is 11.8 Å². The van der Waals surface area contributed by atoms with E-state index < -0.39 is 0 Å². The van der Waals surface area contributed by atoms with Gasteiger partial charge in [0.1, 0.15) is 5.75 Å². The molecule has 0 bridgehead atoms. The second kappa shape index (κ2) is 8.49. The Morgan fingerprint density at radius 3 is 2.58 bits per heavy atom. The second-order valence-electron chi connectivity index (χ2n) is 5.38. The first-order valence-corrected chi connectivity index (χ1v) is 8.12. The Morgan fingerprint density at radius 2 is 2.00 bits per heavy atom. The monoisotopic (exact) mass is 282 g/mol. The number of ether oxygens (including phenoxy) is 1. The Bertz CT molecular complexity index is 377. The van der Waals surface area contributed by atoms with Crippen LogP contribution in [0.2, 0.25) is 0 Å². The van der Waals surface area contributed by atoms with Crippen LogP contribution in [-0.4, -0.2) is 29.8 Å². The van der Waals surface area contributed by atoms with Gasteiger partial charge in [0.25, 0.3) is 0 Å². The molecule has 2 nitrogen and oxygen atoms in total. The van der Waals surface area contributed by atoms with Crippen LogP contribution in [0.15, 0.2) is 18.2 Å². The molecule has 1 atom stereocenters. The molecule has 0 aliphatic rings. The molecule has 19 heavy (non-hydrogen) atoms. The quantitative estimate of drug-likeness (QED) is 0.734. The lowest BCUT2D eigenvalue weighted by Gasteiger charge is -2.12. The standard InChI is InChI=1S/C16H26O2S/c1-12(2)16-6-5-15(9-14(16)4)18-7-8-19-11-13(3)10-17/h5-6,9,12-13,17H,7-8,10-11H2,1-4H3. The largest absolute Gasteiger partial charge is 0.493 e. The lowest BCUT2D eigenvalue weighted by Crippen LogP contribution is -2.07. The van der Waals surface area contributed by atoms with Gasteiger partial charge in [0.05, 0.1) is 6.61 Å². The number of hydrogen-bond acceptors (Lipinski definition) is 3. The predicted molar refractivity (Wildman–Crippen MR) is 84.3 cm³/mol. The highest BCUT2D eigenvalue weighted by Gasteiger charge is 2.05. The van der Waals surface area contributed by atoms with Gasteiger partial charge in [-0.2, -0.15) is 11.8 Å². The molecule has 0 radical (unpaired) electrons. The van der Waals surface area contributed by atoms with Crippen LogP contribution in [-0.2, 0) is 0 Å². The van der Waals surface area contributed by atoms with Crippen molar-refractivity contribution in [1.82, 2.24) is 0 Å². The fourth-order valence-electron chi connectivity index (χ4n) is 1.94. The number of aliphatic hydroxyl groups excluding tert-OH is 1. The number of hydrogen-bond donors (Lipinski definition) is 1. The van der Waals surface area contributed by atoms with Crippen LogP contribution in [0.5, 0.6) is 5.75 Å². The molecule has 1 rings (SSSR count). The van der Waals surface area contributed by atoms with E-state index in [-0.39, 0.29) is 6.61 Å². The molecular formula is C16H26O2S. The van der Waals surface area contributed by atoms with Crippen LogP contribution in [0.3, 0.4) is 0 Å². The van der Waals surface area contributed by atoms with Gasteiger partial charge in [-0.3, -0.25) is 0 Å². The van der Waals surface area contributed by atoms with Gasteiger partial charge in [-0.1, -0.05) is 26.8 Å². The molecule has 0 amide bonds. The van der Waals surface area contributed by atoms with Crippen molar-refractivity contribution in [2.45, 2.75) is 33.6 Å². The molecule has 0 aliphatic carbocycles. The van der Waals surface area contributed by atoms with E-state index >= 15 is 0 Å². The number of aliphatic hydroxyl groups is 1. The van der Waals surface area contributed by atoms with Crippen LogP contribution < -0.4 is 4.74 Å². The Hall–Kier alpha value is -0.670. The minimum absolute atomic E-state index is 0.268. The molecule has 0 saturated heterocycles. The van der Waals surface area contributed by atoms with Crippen LogP contribution in [0.25, 0.3) is 0 Å². The minimum Gasteiger partial charge on any atom is -0.493 e. The Labute approximate surface area is 121 Å². The van der Waals surface area contributed by atoms with Gasteiger partial charge in [0.2, 0.25) is 0 Å². The summed E-state index contributed by atoms with van der Waals surface area (Å²) in [6.45, 7) is 9.61. The summed E-state index contributed by atoms with van der Waals surface area (Å²) in [7, 11) is 0. The Morgan fingerprint density at radius 1 is 1.26 bits per heavy atom. The molecule has 0 fully saturated rings. The minimum atomic E-state index is 0.268. The molecule has 3 heteroatoms. The summed E-state index contributed by atoms with van der Waals surface area (Å²) in [6, 6.07) is 6.34. The average molecular weight is 282 g/mol. The third-order valence-corrected chi connectivity index (χ3v) is 4.33. The van der Waals surface area contributed by atoms with E-state index in [0.29, 0.717) is 11.8 Å². The normalized spacial score (nSPS) is 12.7. The lowest BCUT2D eigenvalue weighted by molar-refractivity contribution is 0.250. The molecule has 0 spiro atoms. The molecule has 0 heterocycles. The maximum atomic E-state index is 8.93. The van der Waals surface area contributed by atoms with Crippen LogP contribution in [0.1, 0.15) is 37.8 Å². The fraction of sp³-hybridized carbons (Fsp3) is 0.625. The van der Waals surface area contributed by atoms with Crippen LogP contribution in [0, 0.1) is 12.8 Å². The molecule has 1 aromatic rings. The molecule has 0 aliphatic heterocycles. The van der Waals surface area contributed by atoms with E-state index in [1.165, 1.54) is 11.1 Å². The van der Waals surface area contributed by atoms with Gasteiger partial charge in [-0.25, -0.2) is 0 Å². The highest BCUT2D eigenvalue weighted by atomic mass is 32.2. The lowest BCUT2D eigenvalue weighted by atomic mass is 9.98. The van der Waals surface area contributed by atoms with E-state index in [0.717, 1.165) is 23.9 Å². The Kier molecular flexibility index (Phi) is 7.32. The maximum Gasteiger partial charge on any atom is 0.119 e. The van der Waals surface area contributed by atoms with Crippen molar-refractivity contribution in [1.29, 1.82) is 0 Å². The first kappa shape index (κ1) is 16.4. The zero-order valence-corrected chi connectivity index (χ0v) is 13.3. The van der Waals surface area contributed by atoms with Crippen molar-refractivity contribution in [3.8, 4) is 5.75 Å². The molecule has 0 aromatic heterocycles. The van der Waals surface area contributed by atoms with Gasteiger partial charge in [0.15, 0.2) is 0 Å². The van der Waals surface area contributed by atoms with Crippen molar-refractivity contribution < 1.29 is 9.84 Å². The van der Waals surface area contributed by atoms with E-state index in [1.54, 1.807) is 0 Å². The van der Waals surface area contributed by atoms with Gasteiger partial charge in [-0.05, 0) is 47.8 Å². The molecule has 1 aromatic carbocycles. The molecular weight excluding hydrogens is 256 g/mol. The first-order valence-electron chi connectivity index (χ1n) is 6.96. The third kappa shape index (κ3) is 5.87. The summed E-state index contributed by atoms with van der Waals surface area (Å²) in [5, 5.41) is 8.93. The fourth-order valence-corrected chi connectivity index (χ4v) is 2.82. The van der Waals surface area contributed by atoms with Crippen LogP contribution in [0.4, 0.5) is 0 Å². The summed E-state index contributed by atoms with van der Waals surface area (Å²) in [6.07, 6.45) is 0. The maximum absolute atomic E-state index is 8.93. The SMILES string of the molecule is Cc1cc(OCCSCC(C)CO)ccc1C(C)C. The van der Waals surface area contributed by atoms with E-state index in [2.05, 4.69) is 45.9 Å². The van der Waals surface area contributed by atoms with Crippen molar-refractivity contribution in [3.63, 3.8) is 0 Å². The van der Waals surface area contributed by atoms with Gasteiger partial charge >= 0.3 is 0 Å². The second-order valence-corrected chi connectivity index (χ2v) is 6.53. The molecule has 108 valence electrons. The van der Waals surface area contributed by atoms with Gasteiger partial charge in [-0.15, -0.1) is 0 Å². The zero-order chi connectivity index (χ0) is 14.3. The number of aryl methyl sites for hydroxylation is 1. The highest BCUT2D eigenvalue weighted by molar-refractivity contribution is 7.99. The topological polar surface area (TPSA) is 29.5 Å². The van der Waals surface area contributed by atoms with Gasteiger partial charge < -0.3 is 9.84 Å². The predicted octanol–water partition coefficient (Wildman–Crippen LogP) is 3.86. The van der Waals surface area contributed by atoms with E-state index in [9.17, 15) is 0 Å². The van der Waals surface area contributed by atoms with Crippen LogP contribution >= 0.6 is 11.8 Å². The zero-order valence-electron chi connectivity index (χ0n) is 12.5. The number of benzene rings is 1. The number of rotatable bonds is 8. The van der Waals surface area contributed by atoms with Crippen molar-refractivity contribution in [2.75, 3.05) is 24.7 Å². The summed E-state index contributed by atoms with van der Waals surface area (Å²) in [4.78, 5) is 0. The van der Waals surface area contributed by atoms with Crippen molar-refractivity contribution in [2.24, 2.45) is 5.92 Å². The number of thioether (sulfide) groups is 1. The molecule has 0 saturated carbocycles.